The fourth-order valence-corrected chi connectivity index (χ4v) is 3.33. The van der Waals surface area contributed by atoms with E-state index in [4.69, 9.17) is 23.2 Å². The lowest BCUT2D eigenvalue weighted by Crippen LogP contribution is -2.44. The predicted molar refractivity (Wildman–Crippen MR) is 97.6 cm³/mol. The molecule has 0 unspecified atom stereocenters. The van der Waals surface area contributed by atoms with E-state index < -0.39 is 0 Å². The molecule has 7 heteroatoms. The maximum Gasteiger partial charge on any atom is 0.244 e. The molecule has 1 saturated heterocycles. The van der Waals surface area contributed by atoms with E-state index in [1.54, 1.807) is 25.2 Å². The van der Waals surface area contributed by atoms with E-state index >= 15 is 0 Å². The van der Waals surface area contributed by atoms with Crippen molar-refractivity contribution in [2.24, 2.45) is 5.92 Å². The summed E-state index contributed by atoms with van der Waals surface area (Å²) in [5, 5.41) is 3.40. The normalized spacial score (nSPS) is 18.2. The number of halogens is 2. The van der Waals surface area contributed by atoms with E-state index in [0.717, 1.165) is 19.5 Å². The lowest BCUT2D eigenvalue weighted by atomic mass is 10.0. The molecular weight excluding hydrogens is 349 g/mol. The number of anilines is 1. The van der Waals surface area contributed by atoms with Crippen LogP contribution in [0.25, 0.3) is 0 Å². The third kappa shape index (κ3) is 5.36. The Morgan fingerprint density at radius 3 is 2.62 bits per heavy atom. The quantitative estimate of drug-likeness (QED) is 0.864. The number of hydrogen-bond acceptors (Lipinski definition) is 3. The van der Waals surface area contributed by atoms with Gasteiger partial charge in [-0.05, 0) is 37.4 Å². The fraction of sp³-hybridized carbons (Fsp3) is 0.529. The highest BCUT2D eigenvalue weighted by atomic mass is 35.5. The molecule has 1 aliphatic rings. The summed E-state index contributed by atoms with van der Waals surface area (Å²) in [4.78, 5) is 28.0. The van der Waals surface area contributed by atoms with Gasteiger partial charge in [0.25, 0.3) is 0 Å². The molecule has 0 aliphatic carbocycles. The van der Waals surface area contributed by atoms with Crippen LogP contribution >= 0.6 is 23.2 Å². The van der Waals surface area contributed by atoms with Crippen LogP contribution in [0, 0.1) is 5.92 Å². The molecule has 1 heterocycles. The second-order valence-electron chi connectivity index (χ2n) is 6.38. The van der Waals surface area contributed by atoms with E-state index in [0.29, 0.717) is 28.2 Å². The molecule has 2 rings (SSSR count). The molecule has 1 N–H and O–H groups in total. The van der Waals surface area contributed by atoms with Crippen molar-refractivity contribution >= 4 is 40.7 Å². The lowest BCUT2D eigenvalue weighted by molar-refractivity contribution is -0.134. The summed E-state index contributed by atoms with van der Waals surface area (Å²) in [6.45, 7) is 4.37. The van der Waals surface area contributed by atoms with Crippen LogP contribution in [0.5, 0.6) is 0 Å². The maximum atomic E-state index is 12.3. The van der Waals surface area contributed by atoms with Crippen LogP contribution in [0.3, 0.4) is 0 Å². The van der Waals surface area contributed by atoms with Crippen molar-refractivity contribution in [3.05, 3.63) is 28.2 Å². The fourth-order valence-electron chi connectivity index (χ4n) is 2.84. The minimum atomic E-state index is -0.326. The molecule has 2 amide bonds. The standard InChI is InChI=1S/C17H23Cl2N3O2/c1-12-5-4-8-22(9-12)11-16(24)21(2)10-15(23)20-17-13(18)6-3-7-14(17)19/h3,6-7,12H,4-5,8-11H2,1-2H3,(H,20,23)/t12-/m1/s1. The van der Waals surface area contributed by atoms with Crippen LogP contribution in [-0.4, -0.2) is 54.8 Å². The first-order valence-electron chi connectivity index (χ1n) is 8.07. The molecule has 0 saturated carbocycles. The number of likely N-dealkylation sites (tertiary alicyclic amines) is 1. The Labute approximate surface area is 152 Å². The zero-order valence-corrected chi connectivity index (χ0v) is 15.5. The first kappa shape index (κ1) is 19.0. The second kappa shape index (κ2) is 8.70. The highest BCUT2D eigenvalue weighted by Gasteiger charge is 2.21. The minimum absolute atomic E-state index is 0.0379. The van der Waals surface area contributed by atoms with Crippen molar-refractivity contribution in [2.45, 2.75) is 19.8 Å². The van der Waals surface area contributed by atoms with Crippen LogP contribution in [0.2, 0.25) is 10.0 Å². The van der Waals surface area contributed by atoms with Gasteiger partial charge in [0, 0.05) is 13.6 Å². The molecular formula is C17H23Cl2N3O2. The van der Waals surface area contributed by atoms with Gasteiger partial charge in [0.15, 0.2) is 0 Å². The third-order valence-electron chi connectivity index (χ3n) is 4.13. The molecule has 1 fully saturated rings. The first-order chi connectivity index (χ1) is 11.4. The van der Waals surface area contributed by atoms with Gasteiger partial charge in [0.05, 0.1) is 28.8 Å². The van der Waals surface area contributed by atoms with E-state index in [9.17, 15) is 9.59 Å². The minimum Gasteiger partial charge on any atom is -0.335 e. The summed E-state index contributed by atoms with van der Waals surface area (Å²) >= 11 is 12.1. The molecule has 132 valence electrons. The average Bonchev–Trinajstić information content (AvgIpc) is 2.51. The van der Waals surface area contributed by atoms with Gasteiger partial charge in [-0.15, -0.1) is 0 Å². The number of nitrogens with zero attached hydrogens (tertiary/aromatic N) is 2. The molecule has 0 radical (unpaired) electrons. The number of rotatable bonds is 5. The molecule has 1 aromatic carbocycles. The third-order valence-corrected chi connectivity index (χ3v) is 4.76. The molecule has 1 aliphatic heterocycles. The average molecular weight is 372 g/mol. The molecule has 0 aromatic heterocycles. The van der Waals surface area contributed by atoms with Crippen molar-refractivity contribution in [1.82, 2.24) is 9.80 Å². The van der Waals surface area contributed by atoms with Gasteiger partial charge < -0.3 is 10.2 Å². The zero-order valence-electron chi connectivity index (χ0n) is 14.0. The van der Waals surface area contributed by atoms with Crippen LogP contribution in [0.15, 0.2) is 18.2 Å². The summed E-state index contributed by atoms with van der Waals surface area (Å²) in [6.07, 6.45) is 2.32. The summed E-state index contributed by atoms with van der Waals surface area (Å²) in [5.41, 5.74) is 0.372. The summed E-state index contributed by atoms with van der Waals surface area (Å²) in [5.74, 6) is 0.222. The number of benzene rings is 1. The van der Waals surface area contributed by atoms with Crippen LogP contribution < -0.4 is 5.32 Å². The number of nitrogens with one attached hydrogen (secondary N) is 1. The number of piperidine rings is 1. The Hall–Kier alpha value is -1.30. The molecule has 0 bridgehead atoms. The van der Waals surface area contributed by atoms with Crippen molar-refractivity contribution in [3.8, 4) is 0 Å². The van der Waals surface area contributed by atoms with Gasteiger partial charge in [-0.3, -0.25) is 14.5 Å². The molecule has 1 aromatic rings. The SMILES string of the molecule is C[C@@H]1CCCN(CC(=O)N(C)CC(=O)Nc2c(Cl)cccc2Cl)C1. The smallest absolute Gasteiger partial charge is 0.244 e. The van der Waals surface area contributed by atoms with E-state index in [-0.39, 0.29) is 18.4 Å². The number of carbonyl (C=O) groups excluding carboxylic acids is 2. The second-order valence-corrected chi connectivity index (χ2v) is 7.19. The van der Waals surface area contributed by atoms with Gasteiger partial charge in [0.2, 0.25) is 11.8 Å². The molecule has 5 nitrogen and oxygen atoms in total. The van der Waals surface area contributed by atoms with Gasteiger partial charge in [-0.2, -0.15) is 0 Å². The summed E-state index contributed by atoms with van der Waals surface area (Å²) in [6, 6.07) is 5.00. The Bertz CT molecular complexity index is 589. The van der Waals surface area contributed by atoms with Gasteiger partial charge in [-0.25, -0.2) is 0 Å². The van der Waals surface area contributed by atoms with Gasteiger partial charge in [0.1, 0.15) is 0 Å². The van der Waals surface area contributed by atoms with Crippen LogP contribution in [-0.2, 0) is 9.59 Å². The zero-order chi connectivity index (χ0) is 17.7. The Morgan fingerprint density at radius 1 is 1.33 bits per heavy atom. The Kier molecular flexibility index (Phi) is 6.90. The summed E-state index contributed by atoms with van der Waals surface area (Å²) < 4.78 is 0. The summed E-state index contributed by atoms with van der Waals surface area (Å²) in [7, 11) is 1.63. The number of amides is 2. The van der Waals surface area contributed by atoms with Gasteiger partial charge in [-0.1, -0.05) is 36.2 Å². The van der Waals surface area contributed by atoms with Crippen molar-refractivity contribution in [2.75, 3.05) is 38.5 Å². The molecule has 0 spiro atoms. The highest BCUT2D eigenvalue weighted by Crippen LogP contribution is 2.29. The number of likely N-dealkylation sites (N-methyl/N-ethyl adjacent to an activating group) is 1. The van der Waals surface area contributed by atoms with E-state index in [1.807, 2.05) is 0 Å². The lowest BCUT2D eigenvalue weighted by Gasteiger charge is -2.31. The van der Waals surface area contributed by atoms with Crippen LogP contribution in [0.1, 0.15) is 19.8 Å². The van der Waals surface area contributed by atoms with Crippen molar-refractivity contribution in [3.63, 3.8) is 0 Å². The van der Waals surface area contributed by atoms with Crippen molar-refractivity contribution in [1.29, 1.82) is 0 Å². The predicted octanol–water partition coefficient (Wildman–Crippen LogP) is 3.12. The Balaban J connectivity index is 1.85. The monoisotopic (exact) mass is 371 g/mol. The molecule has 1 atom stereocenters. The maximum absolute atomic E-state index is 12.3. The van der Waals surface area contributed by atoms with E-state index in [2.05, 4.69) is 17.1 Å². The largest absolute Gasteiger partial charge is 0.335 e. The highest BCUT2D eigenvalue weighted by molar-refractivity contribution is 6.39. The Morgan fingerprint density at radius 2 is 2.00 bits per heavy atom. The topological polar surface area (TPSA) is 52.7 Å². The molecule has 24 heavy (non-hydrogen) atoms. The number of carbonyl (C=O) groups is 2. The first-order valence-corrected chi connectivity index (χ1v) is 8.82. The van der Waals surface area contributed by atoms with Crippen LogP contribution in [0.4, 0.5) is 5.69 Å². The van der Waals surface area contributed by atoms with Gasteiger partial charge >= 0.3 is 0 Å². The van der Waals surface area contributed by atoms with Crippen molar-refractivity contribution < 1.29 is 9.59 Å². The van der Waals surface area contributed by atoms with E-state index in [1.165, 1.54) is 11.3 Å². The number of hydrogen-bond donors (Lipinski definition) is 1. The number of para-hydroxylation sites is 1.